The van der Waals surface area contributed by atoms with Gasteiger partial charge in [-0.2, -0.15) is 0 Å². The maximum atomic E-state index is 12.3. The zero-order chi connectivity index (χ0) is 17.8. The highest BCUT2D eigenvalue weighted by Crippen LogP contribution is 2.33. The van der Waals surface area contributed by atoms with Crippen LogP contribution in [0, 0.1) is 12.8 Å². The lowest BCUT2D eigenvalue weighted by Crippen LogP contribution is -2.43. The molecule has 2 fully saturated rings. The van der Waals surface area contributed by atoms with Gasteiger partial charge in [-0.1, -0.05) is 30.5 Å². The lowest BCUT2D eigenvalue weighted by atomic mass is 9.85. The number of halogens is 2. The predicted octanol–water partition coefficient (Wildman–Crippen LogP) is 3.44. The van der Waals surface area contributed by atoms with E-state index in [4.69, 9.17) is 11.6 Å². The van der Waals surface area contributed by atoms with E-state index in [2.05, 4.69) is 16.0 Å². The third-order valence-electron chi connectivity index (χ3n) is 5.37. The number of anilines is 1. The van der Waals surface area contributed by atoms with Gasteiger partial charge in [0.2, 0.25) is 11.8 Å². The van der Waals surface area contributed by atoms with Crippen molar-refractivity contribution in [3.63, 3.8) is 0 Å². The van der Waals surface area contributed by atoms with Crippen molar-refractivity contribution in [3.8, 4) is 0 Å². The second-order valence-corrected chi connectivity index (χ2v) is 7.51. The molecule has 0 spiro atoms. The standard InChI is InChI=1S/C19H26ClN3O2.ClH/c1-12-14(20)6-4-8-15(12)23-18(24)9-10-21-19(25)17-11-13-5-2-3-7-16(13)22-17;/h4,6,8,13,16-17,22H,2-3,5,7,9-11H2,1H3,(H,21,25)(H,23,24);1H. The molecule has 1 saturated heterocycles. The van der Waals surface area contributed by atoms with E-state index in [-0.39, 0.29) is 36.7 Å². The molecule has 144 valence electrons. The first-order valence-corrected chi connectivity index (χ1v) is 9.51. The smallest absolute Gasteiger partial charge is 0.237 e. The topological polar surface area (TPSA) is 70.2 Å². The predicted molar refractivity (Wildman–Crippen MR) is 107 cm³/mol. The molecule has 3 atom stereocenters. The van der Waals surface area contributed by atoms with Crippen LogP contribution in [-0.4, -0.2) is 30.4 Å². The van der Waals surface area contributed by atoms with Gasteiger partial charge in [0.25, 0.3) is 0 Å². The molecule has 7 heteroatoms. The normalized spacial score (nSPS) is 24.3. The zero-order valence-electron chi connectivity index (χ0n) is 15.0. The first kappa shape index (κ1) is 21.0. The van der Waals surface area contributed by atoms with E-state index in [0.717, 1.165) is 12.0 Å². The van der Waals surface area contributed by atoms with Crippen molar-refractivity contribution in [2.75, 3.05) is 11.9 Å². The van der Waals surface area contributed by atoms with E-state index in [1.807, 2.05) is 13.0 Å². The SMILES string of the molecule is Cc1c(Cl)cccc1NC(=O)CCNC(=O)C1CC2CCCCC2N1.Cl. The summed E-state index contributed by atoms with van der Waals surface area (Å²) in [7, 11) is 0. The van der Waals surface area contributed by atoms with Gasteiger partial charge in [-0.05, 0) is 49.8 Å². The Morgan fingerprint density at radius 2 is 2.04 bits per heavy atom. The van der Waals surface area contributed by atoms with Crippen molar-refractivity contribution in [3.05, 3.63) is 28.8 Å². The minimum atomic E-state index is -0.126. The van der Waals surface area contributed by atoms with E-state index in [0.29, 0.717) is 29.2 Å². The molecule has 0 radical (unpaired) electrons. The highest BCUT2D eigenvalue weighted by molar-refractivity contribution is 6.31. The van der Waals surface area contributed by atoms with Gasteiger partial charge in [-0.25, -0.2) is 0 Å². The Kier molecular flexibility index (Phi) is 7.74. The molecule has 3 unspecified atom stereocenters. The van der Waals surface area contributed by atoms with Gasteiger partial charge >= 0.3 is 0 Å². The van der Waals surface area contributed by atoms with E-state index < -0.39 is 0 Å². The Morgan fingerprint density at radius 3 is 2.81 bits per heavy atom. The van der Waals surface area contributed by atoms with Gasteiger partial charge in [-0.3, -0.25) is 9.59 Å². The number of rotatable bonds is 5. The van der Waals surface area contributed by atoms with Gasteiger partial charge in [0.05, 0.1) is 6.04 Å². The summed E-state index contributed by atoms with van der Waals surface area (Å²) in [6.45, 7) is 2.21. The monoisotopic (exact) mass is 399 g/mol. The fraction of sp³-hybridized carbons (Fsp3) is 0.579. The van der Waals surface area contributed by atoms with Crippen LogP contribution in [0.25, 0.3) is 0 Å². The summed E-state index contributed by atoms with van der Waals surface area (Å²) >= 11 is 6.05. The molecule has 1 heterocycles. The minimum absolute atomic E-state index is 0. The molecule has 5 nitrogen and oxygen atoms in total. The summed E-state index contributed by atoms with van der Waals surface area (Å²) in [5, 5.41) is 9.82. The number of hydrogen-bond donors (Lipinski definition) is 3. The fourth-order valence-corrected chi connectivity index (χ4v) is 4.07. The molecule has 2 amide bonds. The van der Waals surface area contributed by atoms with Crippen molar-refractivity contribution < 1.29 is 9.59 Å². The first-order valence-electron chi connectivity index (χ1n) is 9.13. The average Bonchev–Trinajstić information content (AvgIpc) is 3.03. The molecule has 1 aromatic carbocycles. The van der Waals surface area contributed by atoms with Gasteiger partial charge in [0.1, 0.15) is 0 Å². The summed E-state index contributed by atoms with van der Waals surface area (Å²) in [6.07, 6.45) is 6.10. The summed E-state index contributed by atoms with van der Waals surface area (Å²) in [5.41, 5.74) is 1.56. The third-order valence-corrected chi connectivity index (χ3v) is 5.78. The number of carbonyl (C=O) groups excluding carboxylic acids is 2. The molecule has 1 aliphatic carbocycles. The largest absolute Gasteiger partial charge is 0.354 e. The molecule has 2 aliphatic rings. The highest BCUT2D eigenvalue weighted by Gasteiger charge is 2.37. The molecule has 3 rings (SSSR count). The lowest BCUT2D eigenvalue weighted by molar-refractivity contribution is -0.123. The van der Waals surface area contributed by atoms with E-state index in [9.17, 15) is 9.59 Å². The van der Waals surface area contributed by atoms with Gasteiger partial charge in [0, 0.05) is 29.7 Å². The summed E-state index contributed by atoms with van der Waals surface area (Å²) in [5.74, 6) is 0.526. The second kappa shape index (κ2) is 9.58. The van der Waals surface area contributed by atoms with Crippen molar-refractivity contribution in [1.29, 1.82) is 0 Å². The Labute approximate surface area is 166 Å². The summed E-state index contributed by atoms with van der Waals surface area (Å²) in [6, 6.07) is 5.81. The van der Waals surface area contributed by atoms with Crippen LogP contribution in [0.1, 0.15) is 44.1 Å². The number of carbonyl (C=O) groups is 2. The molecule has 26 heavy (non-hydrogen) atoms. The van der Waals surface area contributed by atoms with Gasteiger partial charge < -0.3 is 16.0 Å². The molecule has 3 N–H and O–H groups in total. The van der Waals surface area contributed by atoms with Crippen LogP contribution in [0.3, 0.4) is 0 Å². The molecular formula is C19H27Cl2N3O2. The van der Waals surface area contributed by atoms with E-state index in [1.165, 1.54) is 25.7 Å². The minimum Gasteiger partial charge on any atom is -0.354 e. The van der Waals surface area contributed by atoms with Crippen molar-refractivity contribution in [2.24, 2.45) is 5.92 Å². The van der Waals surface area contributed by atoms with Crippen LogP contribution in [0.15, 0.2) is 18.2 Å². The summed E-state index contributed by atoms with van der Waals surface area (Å²) in [4.78, 5) is 24.4. The quantitative estimate of drug-likeness (QED) is 0.709. The number of hydrogen-bond acceptors (Lipinski definition) is 3. The number of amides is 2. The van der Waals surface area contributed by atoms with Crippen LogP contribution in [0.4, 0.5) is 5.69 Å². The van der Waals surface area contributed by atoms with E-state index in [1.54, 1.807) is 12.1 Å². The lowest BCUT2D eigenvalue weighted by Gasteiger charge is -2.24. The molecule has 0 bridgehead atoms. The van der Waals surface area contributed by atoms with Crippen LogP contribution < -0.4 is 16.0 Å². The Hall–Kier alpha value is -1.30. The molecule has 1 aromatic rings. The van der Waals surface area contributed by atoms with Gasteiger partial charge in [-0.15, -0.1) is 12.4 Å². The first-order chi connectivity index (χ1) is 12.0. The Balaban J connectivity index is 0.00000243. The highest BCUT2D eigenvalue weighted by atomic mass is 35.5. The Bertz CT molecular complexity index is 640. The van der Waals surface area contributed by atoms with E-state index >= 15 is 0 Å². The number of benzene rings is 1. The van der Waals surface area contributed by atoms with Crippen LogP contribution in [0.2, 0.25) is 5.02 Å². The average molecular weight is 400 g/mol. The van der Waals surface area contributed by atoms with Crippen LogP contribution in [0.5, 0.6) is 0 Å². The Morgan fingerprint density at radius 1 is 1.27 bits per heavy atom. The van der Waals surface area contributed by atoms with Crippen LogP contribution in [-0.2, 0) is 9.59 Å². The summed E-state index contributed by atoms with van der Waals surface area (Å²) < 4.78 is 0. The molecule has 0 aromatic heterocycles. The number of fused-ring (bicyclic) bond motifs is 1. The zero-order valence-corrected chi connectivity index (χ0v) is 16.6. The fourth-order valence-electron chi connectivity index (χ4n) is 3.90. The van der Waals surface area contributed by atoms with Crippen LogP contribution >= 0.6 is 24.0 Å². The number of nitrogens with one attached hydrogen (secondary N) is 3. The molecule has 1 aliphatic heterocycles. The maximum Gasteiger partial charge on any atom is 0.237 e. The molecular weight excluding hydrogens is 373 g/mol. The van der Waals surface area contributed by atoms with Gasteiger partial charge in [0.15, 0.2) is 0 Å². The third kappa shape index (κ3) is 5.12. The van der Waals surface area contributed by atoms with Crippen molar-refractivity contribution in [1.82, 2.24) is 10.6 Å². The second-order valence-electron chi connectivity index (χ2n) is 7.11. The van der Waals surface area contributed by atoms with Crippen molar-refractivity contribution >= 4 is 41.5 Å². The molecule has 1 saturated carbocycles. The van der Waals surface area contributed by atoms with Crippen molar-refractivity contribution in [2.45, 2.75) is 57.5 Å². The maximum absolute atomic E-state index is 12.3.